The zero-order valence-corrected chi connectivity index (χ0v) is 16.7. The Labute approximate surface area is 172 Å². The van der Waals surface area contributed by atoms with E-state index in [1.165, 1.54) is 36.0 Å². The first-order chi connectivity index (χ1) is 14.3. The minimum Gasteiger partial charge on any atom is -0.390 e. The number of rotatable bonds is 5. The van der Waals surface area contributed by atoms with E-state index < -0.39 is 6.10 Å². The first kappa shape index (κ1) is 19.2. The highest BCUT2D eigenvalue weighted by Gasteiger charge is 2.51. The van der Waals surface area contributed by atoms with Crippen LogP contribution in [0.1, 0.15) is 24.8 Å². The molecule has 0 aromatic heterocycles. The number of benzene rings is 2. The molecule has 2 bridgehead atoms. The fraction of sp³-hybridized carbons (Fsp3) is 0.500. The van der Waals surface area contributed by atoms with Crippen LogP contribution < -0.4 is 5.32 Å². The van der Waals surface area contributed by atoms with Crippen LogP contribution in [0.3, 0.4) is 0 Å². The number of fused-ring (bicyclic) bond motifs is 2. The molecule has 0 amide bonds. The smallest absolute Gasteiger partial charge is 0.176 e. The zero-order chi connectivity index (χ0) is 19.6. The topological polar surface area (TPSA) is 54.0 Å². The van der Waals surface area contributed by atoms with Crippen molar-refractivity contribution in [3.8, 4) is 11.1 Å². The van der Waals surface area contributed by atoms with Gasteiger partial charge in [0, 0.05) is 6.54 Å². The maximum atomic E-state index is 11.2. The predicted molar refractivity (Wildman–Crippen MR) is 112 cm³/mol. The molecule has 0 spiro atoms. The molecular formula is C24H30N2O3. The number of likely N-dealkylation sites (tertiary alicyclic amines) is 1. The molecule has 3 saturated heterocycles. The van der Waals surface area contributed by atoms with Crippen molar-refractivity contribution in [1.82, 2.24) is 10.2 Å². The van der Waals surface area contributed by atoms with Gasteiger partial charge >= 0.3 is 0 Å². The molecule has 5 heteroatoms. The lowest BCUT2D eigenvalue weighted by Crippen LogP contribution is -2.64. The second-order valence-electron chi connectivity index (χ2n) is 8.42. The van der Waals surface area contributed by atoms with Crippen LogP contribution in [-0.2, 0) is 16.0 Å². The summed E-state index contributed by atoms with van der Waals surface area (Å²) in [6.07, 6.45) is 2.78. The molecule has 3 aliphatic rings. The van der Waals surface area contributed by atoms with Crippen LogP contribution in [0.15, 0.2) is 54.6 Å². The third-order valence-electron chi connectivity index (χ3n) is 6.55. The van der Waals surface area contributed by atoms with Gasteiger partial charge in [-0.1, -0.05) is 61.0 Å². The molecule has 2 aromatic rings. The molecular weight excluding hydrogens is 364 g/mol. The number of piperidine rings is 1. The number of nitrogens with zero attached hydrogens (tertiary/aromatic N) is 1. The van der Waals surface area contributed by atoms with Crippen molar-refractivity contribution in [2.24, 2.45) is 0 Å². The van der Waals surface area contributed by atoms with Gasteiger partial charge < -0.3 is 19.9 Å². The first-order valence-electron chi connectivity index (χ1n) is 10.9. The Hall–Kier alpha value is -1.76. The van der Waals surface area contributed by atoms with Crippen molar-refractivity contribution >= 4 is 0 Å². The van der Waals surface area contributed by atoms with Crippen molar-refractivity contribution in [1.29, 1.82) is 0 Å². The van der Waals surface area contributed by atoms with Gasteiger partial charge in [-0.2, -0.15) is 0 Å². The Morgan fingerprint density at radius 3 is 2.41 bits per heavy atom. The van der Waals surface area contributed by atoms with Crippen LogP contribution >= 0.6 is 0 Å². The predicted octanol–water partition coefficient (Wildman–Crippen LogP) is 2.78. The van der Waals surface area contributed by atoms with Crippen molar-refractivity contribution in [3.05, 3.63) is 60.2 Å². The van der Waals surface area contributed by atoms with Gasteiger partial charge in [0.05, 0.1) is 24.8 Å². The number of hydrogen-bond donors (Lipinski definition) is 2. The van der Waals surface area contributed by atoms with E-state index in [1.807, 2.05) is 6.07 Å². The fourth-order valence-electron chi connectivity index (χ4n) is 4.94. The Balaban J connectivity index is 1.25. The summed E-state index contributed by atoms with van der Waals surface area (Å²) in [5.41, 5.74) is 3.64. The van der Waals surface area contributed by atoms with E-state index >= 15 is 0 Å². The average Bonchev–Trinajstić information content (AvgIpc) is 3.20. The Morgan fingerprint density at radius 1 is 0.931 bits per heavy atom. The number of aliphatic hydroxyl groups is 1. The lowest BCUT2D eigenvalue weighted by atomic mass is 9.93. The second-order valence-corrected chi connectivity index (χ2v) is 8.42. The highest BCUT2D eigenvalue weighted by molar-refractivity contribution is 5.63. The van der Waals surface area contributed by atoms with Gasteiger partial charge in [0.25, 0.3) is 0 Å². The lowest BCUT2D eigenvalue weighted by Gasteiger charge is -2.45. The van der Waals surface area contributed by atoms with E-state index in [2.05, 4.69) is 58.7 Å². The summed E-state index contributed by atoms with van der Waals surface area (Å²) in [6.45, 7) is 3.29. The molecule has 2 N–H and O–H groups in total. The summed E-state index contributed by atoms with van der Waals surface area (Å²) in [6, 6.07) is 18.8. The fourth-order valence-corrected chi connectivity index (χ4v) is 4.94. The van der Waals surface area contributed by atoms with Crippen molar-refractivity contribution in [3.63, 3.8) is 0 Å². The minimum absolute atomic E-state index is 0.0768. The van der Waals surface area contributed by atoms with Gasteiger partial charge in [0.15, 0.2) is 6.29 Å². The molecule has 5 atom stereocenters. The molecule has 3 fully saturated rings. The summed E-state index contributed by atoms with van der Waals surface area (Å²) >= 11 is 0. The molecule has 0 aliphatic carbocycles. The molecule has 154 valence electrons. The van der Waals surface area contributed by atoms with Crippen molar-refractivity contribution in [2.45, 2.75) is 56.4 Å². The van der Waals surface area contributed by atoms with Gasteiger partial charge in [0.1, 0.15) is 6.10 Å². The van der Waals surface area contributed by atoms with Crippen LogP contribution in [0.5, 0.6) is 0 Å². The summed E-state index contributed by atoms with van der Waals surface area (Å²) in [4.78, 5) is 2.36. The molecule has 0 unspecified atom stereocenters. The highest BCUT2D eigenvalue weighted by atomic mass is 16.7. The SMILES string of the molecule is O[C@H]1[C@@H](NCc2ccc(-c3ccccc3)cc2)[C@@H]2CO[C@H](O2)[C@@H]1N1CCCCC1. The van der Waals surface area contributed by atoms with Gasteiger partial charge in [0.2, 0.25) is 0 Å². The van der Waals surface area contributed by atoms with E-state index in [4.69, 9.17) is 9.47 Å². The molecule has 2 aromatic carbocycles. The molecule has 3 heterocycles. The number of ether oxygens (including phenoxy) is 2. The van der Waals surface area contributed by atoms with Gasteiger partial charge in [-0.25, -0.2) is 0 Å². The molecule has 29 heavy (non-hydrogen) atoms. The van der Waals surface area contributed by atoms with E-state index in [9.17, 15) is 5.11 Å². The second kappa shape index (κ2) is 8.54. The third-order valence-corrected chi connectivity index (χ3v) is 6.55. The average molecular weight is 395 g/mol. The quantitative estimate of drug-likeness (QED) is 0.817. The van der Waals surface area contributed by atoms with E-state index in [0.29, 0.717) is 13.2 Å². The molecule has 5 nitrogen and oxygen atoms in total. The largest absolute Gasteiger partial charge is 0.390 e. The van der Waals surface area contributed by atoms with Gasteiger partial charge in [-0.05, 0) is 42.6 Å². The van der Waals surface area contributed by atoms with Crippen molar-refractivity contribution < 1.29 is 14.6 Å². The van der Waals surface area contributed by atoms with Gasteiger partial charge in [-0.15, -0.1) is 0 Å². The van der Waals surface area contributed by atoms with Gasteiger partial charge in [-0.3, -0.25) is 4.90 Å². The molecule has 0 saturated carbocycles. The van der Waals surface area contributed by atoms with Crippen LogP contribution in [-0.4, -0.2) is 60.3 Å². The number of hydrogen-bond acceptors (Lipinski definition) is 5. The monoisotopic (exact) mass is 394 g/mol. The van der Waals surface area contributed by atoms with Crippen LogP contribution in [0, 0.1) is 0 Å². The van der Waals surface area contributed by atoms with Crippen LogP contribution in [0.25, 0.3) is 11.1 Å². The Kier molecular flexibility index (Phi) is 5.66. The molecule has 3 aliphatic heterocycles. The van der Waals surface area contributed by atoms with E-state index in [1.54, 1.807) is 0 Å². The van der Waals surface area contributed by atoms with E-state index in [-0.39, 0.29) is 24.5 Å². The van der Waals surface area contributed by atoms with Crippen LogP contribution in [0.2, 0.25) is 0 Å². The summed E-state index contributed by atoms with van der Waals surface area (Å²) in [7, 11) is 0. The number of aliphatic hydroxyl groups excluding tert-OH is 1. The zero-order valence-electron chi connectivity index (χ0n) is 16.7. The Bertz CT molecular complexity index is 792. The standard InChI is InChI=1S/C24H30N2O3/c27-23-21(20-16-28-24(29-20)22(23)26-13-5-2-6-14-26)25-15-17-9-11-19(12-10-17)18-7-3-1-4-8-18/h1,3-4,7-12,20-25,27H,2,5-6,13-16H2/t20-,21-,22+,23-,24+/m0/s1. The maximum absolute atomic E-state index is 11.2. The highest BCUT2D eigenvalue weighted by Crippen LogP contribution is 2.33. The summed E-state index contributed by atoms with van der Waals surface area (Å²) < 4.78 is 12.0. The first-order valence-corrected chi connectivity index (χ1v) is 10.9. The number of nitrogens with one attached hydrogen (secondary N) is 1. The van der Waals surface area contributed by atoms with Crippen molar-refractivity contribution in [2.75, 3.05) is 19.7 Å². The minimum atomic E-state index is -0.483. The molecule has 5 rings (SSSR count). The molecule has 0 radical (unpaired) electrons. The van der Waals surface area contributed by atoms with Crippen LogP contribution in [0.4, 0.5) is 0 Å². The van der Waals surface area contributed by atoms with E-state index in [0.717, 1.165) is 13.1 Å². The normalized spacial score (nSPS) is 32.4. The summed E-state index contributed by atoms with van der Waals surface area (Å²) in [5.74, 6) is 0. The maximum Gasteiger partial charge on any atom is 0.176 e. The summed E-state index contributed by atoms with van der Waals surface area (Å²) in [5, 5.41) is 14.7. The third kappa shape index (κ3) is 3.98. The Morgan fingerprint density at radius 2 is 1.66 bits per heavy atom. The lowest BCUT2D eigenvalue weighted by molar-refractivity contribution is -0.184.